The van der Waals surface area contributed by atoms with E-state index in [-0.39, 0.29) is 24.9 Å². The van der Waals surface area contributed by atoms with Gasteiger partial charge >= 0.3 is 5.97 Å². The molecule has 0 aromatic carbocycles. The van der Waals surface area contributed by atoms with Crippen LogP contribution < -0.4 is 5.32 Å². The summed E-state index contributed by atoms with van der Waals surface area (Å²) < 4.78 is 5.87. The van der Waals surface area contributed by atoms with Crippen LogP contribution in [0.3, 0.4) is 0 Å². The minimum atomic E-state index is -0.809. The number of nitrogens with one attached hydrogen (secondary N) is 1. The van der Waals surface area contributed by atoms with Gasteiger partial charge in [-0.1, -0.05) is 208 Å². The Hall–Kier alpha value is -3.22. The lowest BCUT2D eigenvalue weighted by Gasteiger charge is -2.24. The number of allylic oxidation sites excluding steroid dienone is 16. The molecule has 0 saturated carbocycles. The van der Waals surface area contributed by atoms with Crippen LogP contribution in [0.25, 0.3) is 0 Å². The van der Waals surface area contributed by atoms with Crippen LogP contribution in [0, 0.1) is 0 Å². The maximum Gasteiger partial charge on any atom is 0.306 e. The first-order valence-corrected chi connectivity index (χ1v) is 23.6. The minimum absolute atomic E-state index is 0.0295. The van der Waals surface area contributed by atoms with E-state index < -0.39 is 18.2 Å². The fourth-order valence-corrected chi connectivity index (χ4v) is 6.51. The highest BCUT2D eigenvalue weighted by molar-refractivity contribution is 5.77. The van der Waals surface area contributed by atoms with Crippen molar-refractivity contribution in [3.8, 4) is 0 Å². The van der Waals surface area contributed by atoms with E-state index in [4.69, 9.17) is 4.74 Å². The van der Waals surface area contributed by atoms with Crippen molar-refractivity contribution >= 4 is 11.9 Å². The predicted octanol–water partition coefficient (Wildman–Crippen LogP) is 13.8. The predicted molar refractivity (Wildman–Crippen MR) is 250 cm³/mol. The third kappa shape index (κ3) is 39.6. The van der Waals surface area contributed by atoms with Gasteiger partial charge in [0.25, 0.3) is 0 Å². The maximum atomic E-state index is 13.1. The van der Waals surface area contributed by atoms with Gasteiger partial charge in [-0.05, 0) is 70.6 Å². The van der Waals surface area contributed by atoms with E-state index >= 15 is 0 Å². The molecule has 0 aliphatic carbocycles. The van der Waals surface area contributed by atoms with Crippen LogP contribution in [0.15, 0.2) is 97.2 Å². The van der Waals surface area contributed by atoms with Gasteiger partial charge in [0.05, 0.1) is 25.2 Å². The molecule has 58 heavy (non-hydrogen) atoms. The highest BCUT2D eigenvalue weighted by Crippen LogP contribution is 2.16. The molecule has 0 spiro atoms. The molecular formula is C52H87NO5. The van der Waals surface area contributed by atoms with E-state index in [0.717, 1.165) is 83.5 Å². The number of carbonyl (C=O) groups is 2. The quantitative estimate of drug-likeness (QED) is 0.0326. The largest absolute Gasteiger partial charge is 0.462 e. The Bertz CT molecular complexity index is 1180. The number of carbonyl (C=O) groups excluding carboxylic acids is 2. The fraction of sp³-hybridized carbons (Fsp3) is 0.654. The van der Waals surface area contributed by atoms with Crippen molar-refractivity contribution < 1.29 is 24.5 Å². The Labute approximate surface area is 356 Å². The molecule has 0 aliphatic heterocycles. The lowest BCUT2D eigenvalue weighted by molar-refractivity contribution is -0.151. The Kier molecular flexibility index (Phi) is 42.4. The number of amides is 1. The second-order valence-electron chi connectivity index (χ2n) is 15.6. The van der Waals surface area contributed by atoms with Gasteiger partial charge in [0.15, 0.2) is 0 Å². The van der Waals surface area contributed by atoms with Crippen LogP contribution in [-0.2, 0) is 14.3 Å². The second kappa shape index (κ2) is 44.9. The second-order valence-corrected chi connectivity index (χ2v) is 15.6. The number of ether oxygens (including phenoxy) is 1. The summed E-state index contributed by atoms with van der Waals surface area (Å²) in [5.74, 6) is -0.570. The molecule has 0 saturated heterocycles. The molecule has 0 heterocycles. The summed E-state index contributed by atoms with van der Waals surface area (Å²) in [6.07, 6.45) is 58.9. The fourth-order valence-electron chi connectivity index (χ4n) is 6.51. The van der Waals surface area contributed by atoms with Crippen LogP contribution >= 0.6 is 0 Å². The first-order valence-electron chi connectivity index (χ1n) is 23.6. The van der Waals surface area contributed by atoms with E-state index in [0.29, 0.717) is 19.3 Å². The number of aliphatic hydroxyl groups excluding tert-OH is 2. The zero-order chi connectivity index (χ0) is 42.4. The van der Waals surface area contributed by atoms with Crippen molar-refractivity contribution in [1.29, 1.82) is 0 Å². The molecule has 6 heteroatoms. The molecule has 3 N–H and O–H groups in total. The minimum Gasteiger partial charge on any atom is -0.462 e. The van der Waals surface area contributed by atoms with Gasteiger partial charge in [0.2, 0.25) is 5.91 Å². The molecule has 0 aliphatic rings. The molecule has 0 radical (unpaired) electrons. The van der Waals surface area contributed by atoms with Crippen LogP contribution in [-0.4, -0.2) is 46.9 Å². The SMILES string of the molecule is CC/C=C/C=C/C=C\C=C/CCCCCC(=O)OC(CCCCC/C=C/C=C/C=C/C=C/CCCCC)CC(=O)NC(CO)C(O)CCCCCCCCCCCC. The van der Waals surface area contributed by atoms with Gasteiger partial charge < -0.3 is 20.3 Å². The molecule has 0 aromatic rings. The molecule has 0 rings (SSSR count). The van der Waals surface area contributed by atoms with Crippen LogP contribution in [0.2, 0.25) is 0 Å². The normalized spacial score (nSPS) is 14.2. The number of unbranched alkanes of at least 4 members (excludes halogenated alkanes) is 18. The van der Waals surface area contributed by atoms with Gasteiger partial charge in [0.1, 0.15) is 6.10 Å². The van der Waals surface area contributed by atoms with Crippen molar-refractivity contribution in [3.63, 3.8) is 0 Å². The van der Waals surface area contributed by atoms with E-state index in [9.17, 15) is 19.8 Å². The summed E-state index contributed by atoms with van der Waals surface area (Å²) >= 11 is 0. The van der Waals surface area contributed by atoms with Gasteiger partial charge in [-0.25, -0.2) is 0 Å². The summed E-state index contributed by atoms with van der Waals surface area (Å²) in [7, 11) is 0. The summed E-state index contributed by atoms with van der Waals surface area (Å²) in [5, 5.41) is 23.6. The highest BCUT2D eigenvalue weighted by Gasteiger charge is 2.24. The molecule has 0 fully saturated rings. The standard InChI is InChI=1S/C52H87NO5/c1-4-7-10-13-16-19-22-24-25-26-28-29-31-34-37-40-43-48(58-52(57)45-42-39-36-33-30-27-23-20-17-14-11-8-5-2)46-51(56)53-49(47-54)50(55)44-41-38-35-32-21-18-15-12-9-6-3/h8,11,14,16-17,19-20,22-30,48-50,54-55H,4-7,9-10,12-13,15,18,21,31-47H2,1-3H3,(H,53,56)/b11-8+,17-14+,19-16+,23-20-,24-22+,26-25+,29-28+,30-27-. The third-order valence-corrected chi connectivity index (χ3v) is 10.1. The monoisotopic (exact) mass is 806 g/mol. The average Bonchev–Trinajstić information content (AvgIpc) is 3.22. The number of esters is 1. The van der Waals surface area contributed by atoms with E-state index in [2.05, 4.69) is 74.7 Å². The Morgan fingerprint density at radius 2 is 0.931 bits per heavy atom. The summed E-state index contributed by atoms with van der Waals surface area (Å²) in [5.41, 5.74) is 0. The molecule has 3 unspecified atom stereocenters. The van der Waals surface area contributed by atoms with Crippen LogP contribution in [0.1, 0.15) is 194 Å². The number of hydrogen-bond acceptors (Lipinski definition) is 5. The van der Waals surface area contributed by atoms with Crippen molar-refractivity contribution in [1.82, 2.24) is 5.32 Å². The molecule has 330 valence electrons. The van der Waals surface area contributed by atoms with Crippen LogP contribution in [0.4, 0.5) is 0 Å². The van der Waals surface area contributed by atoms with E-state index in [1.54, 1.807) is 0 Å². The van der Waals surface area contributed by atoms with E-state index in [1.807, 2.05) is 48.6 Å². The van der Waals surface area contributed by atoms with Gasteiger partial charge in [-0.2, -0.15) is 0 Å². The average molecular weight is 806 g/mol. The maximum absolute atomic E-state index is 13.1. The van der Waals surface area contributed by atoms with Crippen molar-refractivity contribution in [2.75, 3.05) is 6.61 Å². The summed E-state index contributed by atoms with van der Waals surface area (Å²) in [6, 6.07) is -0.727. The molecule has 0 bridgehead atoms. The van der Waals surface area contributed by atoms with Gasteiger partial charge in [-0.3, -0.25) is 9.59 Å². The number of hydrogen-bond donors (Lipinski definition) is 3. The van der Waals surface area contributed by atoms with Crippen LogP contribution in [0.5, 0.6) is 0 Å². The molecule has 6 nitrogen and oxygen atoms in total. The molecule has 0 aromatic heterocycles. The zero-order valence-corrected chi connectivity index (χ0v) is 37.4. The van der Waals surface area contributed by atoms with E-state index in [1.165, 1.54) is 64.2 Å². The summed E-state index contributed by atoms with van der Waals surface area (Å²) in [6.45, 7) is 6.25. The van der Waals surface area contributed by atoms with Gasteiger partial charge in [0, 0.05) is 6.42 Å². The zero-order valence-electron chi connectivity index (χ0n) is 37.4. The first kappa shape index (κ1) is 54.8. The van der Waals surface area contributed by atoms with Gasteiger partial charge in [-0.15, -0.1) is 0 Å². The molecule has 3 atom stereocenters. The van der Waals surface area contributed by atoms with Crippen molar-refractivity contribution in [2.24, 2.45) is 0 Å². The molecular weight excluding hydrogens is 719 g/mol. The number of rotatable bonds is 40. The lowest BCUT2D eigenvalue weighted by atomic mass is 10.0. The lowest BCUT2D eigenvalue weighted by Crippen LogP contribution is -2.46. The number of aliphatic hydroxyl groups is 2. The van der Waals surface area contributed by atoms with Crippen molar-refractivity contribution in [3.05, 3.63) is 97.2 Å². The first-order chi connectivity index (χ1) is 28.5. The Morgan fingerprint density at radius 1 is 0.517 bits per heavy atom. The van der Waals surface area contributed by atoms with Crippen molar-refractivity contribution in [2.45, 2.75) is 212 Å². The topological polar surface area (TPSA) is 95.9 Å². The third-order valence-electron chi connectivity index (χ3n) is 10.1. The smallest absolute Gasteiger partial charge is 0.306 e. The highest BCUT2D eigenvalue weighted by atomic mass is 16.5. The summed E-state index contributed by atoms with van der Waals surface area (Å²) in [4.78, 5) is 26.0. The molecule has 1 amide bonds. The Morgan fingerprint density at radius 3 is 1.45 bits per heavy atom. The Balaban J connectivity index is 4.80.